The van der Waals surface area contributed by atoms with Gasteiger partial charge in [-0.15, -0.1) is 11.8 Å². The van der Waals surface area contributed by atoms with Gasteiger partial charge in [-0.25, -0.2) is 15.0 Å². The minimum atomic E-state index is -0.594. The number of nitrogen functional groups attached to an aromatic ring is 1. The molecule has 3 aliphatic heterocycles. The number of nitrogens with zero attached hydrogens (tertiary/aromatic N) is 6. The minimum absolute atomic E-state index is 0.126. The Morgan fingerprint density at radius 3 is 2.53 bits per heavy atom. The number of benzene rings is 2. The average molecular weight is 786 g/mol. The highest BCUT2D eigenvalue weighted by Crippen LogP contribution is 2.37. The van der Waals surface area contributed by atoms with E-state index in [0.29, 0.717) is 35.7 Å². The summed E-state index contributed by atoms with van der Waals surface area (Å²) in [6.07, 6.45) is 15.0. The second kappa shape index (κ2) is 17.3. The van der Waals surface area contributed by atoms with Gasteiger partial charge in [0, 0.05) is 53.1 Å². The third-order valence-electron chi connectivity index (χ3n) is 11.2. The number of carbonyl (C=O) groups excluding carboxylic acids is 4. The number of piperidine rings is 1. The van der Waals surface area contributed by atoms with E-state index >= 15 is 0 Å². The van der Waals surface area contributed by atoms with Crippen LogP contribution in [0.25, 0.3) is 16.8 Å². The summed E-state index contributed by atoms with van der Waals surface area (Å²) in [4.78, 5) is 69.1. The molecule has 5 aromatic rings. The summed E-state index contributed by atoms with van der Waals surface area (Å²) in [5, 5.41) is 5.21. The maximum absolute atomic E-state index is 13.2. The van der Waals surface area contributed by atoms with Gasteiger partial charge in [-0.3, -0.25) is 33.8 Å². The number of unbranched alkanes of at least 4 members (excludes halogenated alkanes) is 5. The highest BCUT2D eigenvalue weighted by Gasteiger charge is 2.40. The van der Waals surface area contributed by atoms with Crippen LogP contribution in [0.2, 0.25) is 0 Å². The molecule has 4 amide bonds. The van der Waals surface area contributed by atoms with Crippen LogP contribution in [-0.2, 0) is 16.1 Å². The van der Waals surface area contributed by atoms with Crippen LogP contribution in [0.4, 0.5) is 11.6 Å². The van der Waals surface area contributed by atoms with Crippen molar-refractivity contribution in [1.82, 2.24) is 34.5 Å². The minimum Gasteiger partial charge on any atom is -0.382 e. The first-order valence-electron chi connectivity index (χ1n) is 19.9. The quantitative estimate of drug-likeness (QED) is 0.0594. The van der Waals surface area contributed by atoms with E-state index in [2.05, 4.69) is 36.0 Å². The normalized spacial score (nSPS) is 18.3. The Labute approximate surface area is 335 Å². The number of pyridine rings is 1. The summed E-state index contributed by atoms with van der Waals surface area (Å²) in [5.74, 6) is 1.86. The average Bonchev–Trinajstić information content (AvgIpc) is 3.94. The van der Waals surface area contributed by atoms with Gasteiger partial charge in [-0.1, -0.05) is 49.9 Å². The fourth-order valence-corrected chi connectivity index (χ4v) is 9.40. The van der Waals surface area contributed by atoms with Crippen molar-refractivity contribution in [3.05, 3.63) is 102 Å². The van der Waals surface area contributed by atoms with Crippen LogP contribution in [0.1, 0.15) is 102 Å². The van der Waals surface area contributed by atoms with Gasteiger partial charge in [0.05, 0.1) is 6.04 Å². The summed E-state index contributed by atoms with van der Waals surface area (Å²) in [5.41, 5.74) is 11.1. The molecule has 0 bridgehead atoms. The zero-order valence-corrected chi connectivity index (χ0v) is 32.7. The highest BCUT2D eigenvalue weighted by atomic mass is 32.2. The van der Waals surface area contributed by atoms with Crippen molar-refractivity contribution in [2.24, 2.45) is 0 Å². The summed E-state index contributed by atoms with van der Waals surface area (Å²) >= 11 is 1.79. The number of rotatable bonds is 15. The summed E-state index contributed by atoms with van der Waals surface area (Å²) in [6, 6.07) is 18.2. The van der Waals surface area contributed by atoms with Gasteiger partial charge >= 0.3 is 0 Å². The van der Waals surface area contributed by atoms with Crippen molar-refractivity contribution in [2.75, 3.05) is 29.9 Å². The van der Waals surface area contributed by atoms with E-state index in [-0.39, 0.29) is 36.1 Å². The van der Waals surface area contributed by atoms with Crippen molar-refractivity contribution in [3.63, 3.8) is 0 Å². The van der Waals surface area contributed by atoms with Crippen molar-refractivity contribution in [1.29, 1.82) is 0 Å². The Morgan fingerprint density at radius 2 is 1.72 bits per heavy atom. The summed E-state index contributed by atoms with van der Waals surface area (Å²) in [7, 11) is 0. The molecule has 8 rings (SSSR count). The summed E-state index contributed by atoms with van der Waals surface area (Å²) < 4.78 is 2.09. The van der Waals surface area contributed by atoms with Gasteiger partial charge in [0.15, 0.2) is 0 Å². The smallest absolute Gasteiger partial charge is 0.256 e. The van der Waals surface area contributed by atoms with Crippen molar-refractivity contribution >= 4 is 52.5 Å². The lowest BCUT2D eigenvalue weighted by atomic mass is 10.0. The number of imidazole rings is 1. The van der Waals surface area contributed by atoms with Gasteiger partial charge in [0.1, 0.15) is 34.7 Å². The standard InChI is InChI=1S/C43H47N9O4S/c44-39-38-37(28-15-17-29(18-16-28)41(54)47-35-14-5-6-21-45-35)49-40(51(38)25-22-46-39)32-12-10-24-50(32)23-7-3-1-2-4-8-26-57-34-13-9-11-30-31(34)27-52(43(30)56)33-19-20-36(53)48-42(33)55/h5-6,9,11,13-18,21-22,25,32-33H,1-4,7-8,10,12,19-20,23-24,26-27H2,(H2,44,46)(H,45,47,54)(H,48,53,55)/t32-,33?/m0/s1. The van der Waals surface area contributed by atoms with E-state index in [4.69, 9.17) is 10.7 Å². The van der Waals surface area contributed by atoms with Crippen LogP contribution < -0.4 is 16.4 Å². The molecular formula is C43H47N9O4S. The lowest BCUT2D eigenvalue weighted by molar-refractivity contribution is -0.136. The predicted octanol–water partition coefficient (Wildman–Crippen LogP) is 6.66. The number of hydrogen-bond acceptors (Lipinski definition) is 10. The summed E-state index contributed by atoms with van der Waals surface area (Å²) in [6.45, 7) is 2.46. The topological polar surface area (TPSA) is 168 Å². The number of hydrogen-bond donors (Lipinski definition) is 3. The van der Waals surface area contributed by atoms with Crippen LogP contribution in [0.15, 0.2) is 84.1 Å². The SMILES string of the molecule is Nc1nccn2c([C@@H]3CCCN3CCCCCCCCSc3cccc4c3CN(C3CCC(=O)NC3=O)C4=O)nc(-c3ccc(C(=O)Nc4ccccn4)cc3)c12. The molecule has 0 aliphatic carbocycles. The molecule has 294 valence electrons. The molecule has 2 aromatic carbocycles. The van der Waals surface area contributed by atoms with E-state index in [0.717, 1.165) is 84.0 Å². The first-order valence-corrected chi connectivity index (χ1v) is 20.9. The van der Waals surface area contributed by atoms with Gasteiger partial charge < -0.3 is 16.0 Å². The highest BCUT2D eigenvalue weighted by molar-refractivity contribution is 7.99. The van der Waals surface area contributed by atoms with E-state index in [9.17, 15) is 19.2 Å². The van der Waals surface area contributed by atoms with Gasteiger partial charge in [0.2, 0.25) is 11.8 Å². The molecule has 2 fully saturated rings. The van der Waals surface area contributed by atoms with Crippen LogP contribution in [-0.4, -0.2) is 77.7 Å². The fraction of sp³-hybridized carbons (Fsp3) is 0.372. The van der Waals surface area contributed by atoms with Crippen molar-refractivity contribution in [3.8, 4) is 11.3 Å². The zero-order chi connectivity index (χ0) is 39.3. The number of carbonyl (C=O) groups is 4. The Hall–Kier alpha value is -5.60. The maximum atomic E-state index is 13.2. The Kier molecular flexibility index (Phi) is 11.6. The Morgan fingerprint density at radius 1 is 0.895 bits per heavy atom. The van der Waals surface area contributed by atoms with Gasteiger partial charge in [-0.2, -0.15) is 0 Å². The lowest BCUT2D eigenvalue weighted by Gasteiger charge is -2.29. The van der Waals surface area contributed by atoms with E-state index < -0.39 is 6.04 Å². The molecule has 2 saturated heterocycles. The van der Waals surface area contributed by atoms with E-state index in [1.165, 1.54) is 19.3 Å². The number of likely N-dealkylation sites (tertiary alicyclic amines) is 1. The van der Waals surface area contributed by atoms with E-state index in [1.54, 1.807) is 53.3 Å². The molecule has 6 heterocycles. The zero-order valence-electron chi connectivity index (χ0n) is 31.9. The second-order valence-electron chi connectivity index (χ2n) is 14.9. The maximum Gasteiger partial charge on any atom is 0.256 e. The Balaban J connectivity index is 0.806. The van der Waals surface area contributed by atoms with Crippen LogP contribution in [0, 0.1) is 0 Å². The molecule has 14 heteroatoms. The number of amides is 4. The number of imide groups is 1. The first-order chi connectivity index (χ1) is 27.9. The molecular weight excluding hydrogens is 739 g/mol. The lowest BCUT2D eigenvalue weighted by Crippen LogP contribution is -2.52. The third-order valence-corrected chi connectivity index (χ3v) is 12.4. The number of anilines is 2. The second-order valence-corrected chi connectivity index (χ2v) is 16.1. The van der Waals surface area contributed by atoms with Crippen LogP contribution in [0.3, 0.4) is 0 Å². The molecule has 4 N–H and O–H groups in total. The molecule has 13 nitrogen and oxygen atoms in total. The number of nitrogens with two attached hydrogens (primary N) is 1. The fourth-order valence-electron chi connectivity index (χ4n) is 8.31. The predicted molar refractivity (Wildman–Crippen MR) is 219 cm³/mol. The third kappa shape index (κ3) is 8.28. The van der Waals surface area contributed by atoms with E-state index in [1.807, 2.05) is 36.5 Å². The number of thioether (sulfide) groups is 1. The molecule has 3 aliphatic rings. The van der Waals surface area contributed by atoms with Crippen LogP contribution in [0.5, 0.6) is 0 Å². The molecule has 2 atom stereocenters. The molecule has 0 spiro atoms. The number of aromatic nitrogens is 4. The van der Waals surface area contributed by atoms with Crippen molar-refractivity contribution in [2.45, 2.75) is 87.7 Å². The molecule has 0 saturated carbocycles. The first kappa shape index (κ1) is 38.3. The Bertz CT molecular complexity index is 2280. The largest absolute Gasteiger partial charge is 0.382 e. The van der Waals surface area contributed by atoms with Crippen LogP contribution >= 0.6 is 11.8 Å². The molecule has 1 unspecified atom stereocenters. The molecule has 3 aromatic heterocycles. The van der Waals surface area contributed by atoms with Crippen molar-refractivity contribution < 1.29 is 19.2 Å². The van der Waals surface area contributed by atoms with Gasteiger partial charge in [-0.05, 0) is 92.9 Å². The molecule has 0 radical (unpaired) electrons. The number of nitrogens with one attached hydrogen (secondary N) is 2. The number of fused-ring (bicyclic) bond motifs is 2. The monoisotopic (exact) mass is 785 g/mol. The molecule has 57 heavy (non-hydrogen) atoms. The van der Waals surface area contributed by atoms with Gasteiger partial charge in [0.25, 0.3) is 11.8 Å².